The van der Waals surface area contributed by atoms with Crippen LogP contribution >= 0.6 is 22.9 Å². The average Bonchev–Trinajstić information content (AvgIpc) is 3.19. The summed E-state index contributed by atoms with van der Waals surface area (Å²) in [6.07, 6.45) is 0.707. The van der Waals surface area contributed by atoms with Gasteiger partial charge in [0.15, 0.2) is 5.13 Å². The van der Waals surface area contributed by atoms with E-state index in [2.05, 4.69) is 15.4 Å². The van der Waals surface area contributed by atoms with Gasteiger partial charge in [-0.05, 0) is 32.0 Å². The number of aromatic nitrogens is 3. The van der Waals surface area contributed by atoms with E-state index in [4.69, 9.17) is 11.6 Å². The fourth-order valence-electron chi connectivity index (χ4n) is 3.00. The Kier molecular flexibility index (Phi) is 6.48. The van der Waals surface area contributed by atoms with Crippen molar-refractivity contribution in [1.82, 2.24) is 14.8 Å². The van der Waals surface area contributed by atoms with Crippen LogP contribution in [0.25, 0.3) is 0 Å². The zero-order chi connectivity index (χ0) is 22.9. The number of aryl methyl sites for hydroxylation is 2. The summed E-state index contributed by atoms with van der Waals surface area (Å²) in [5.41, 5.74) is 1.91. The molecule has 12 heteroatoms. The molecule has 2 amide bonds. The van der Waals surface area contributed by atoms with E-state index in [1.807, 2.05) is 0 Å². The number of hydrogen-bond acceptors (Lipinski definition) is 7. The highest BCUT2D eigenvalue weighted by atomic mass is 35.5. The summed E-state index contributed by atoms with van der Waals surface area (Å²) in [4.78, 5) is 29.5. The Morgan fingerprint density at radius 3 is 2.58 bits per heavy atom. The molecule has 0 fully saturated rings. The molecule has 0 atom stereocenters. The molecule has 3 rings (SSSR count). The number of nitrogens with one attached hydrogen (secondary N) is 1. The number of thiazole rings is 1. The van der Waals surface area contributed by atoms with Gasteiger partial charge in [-0.25, -0.2) is 17.7 Å². The van der Waals surface area contributed by atoms with Crippen LogP contribution in [0.5, 0.6) is 0 Å². The van der Waals surface area contributed by atoms with Crippen LogP contribution in [0.15, 0.2) is 29.6 Å². The lowest BCUT2D eigenvalue weighted by Gasteiger charge is -2.20. The molecule has 31 heavy (non-hydrogen) atoms. The van der Waals surface area contributed by atoms with E-state index in [1.165, 1.54) is 10.7 Å². The number of nitrogens with zero attached hydrogens (tertiary/aromatic N) is 4. The molecule has 2 aromatic heterocycles. The van der Waals surface area contributed by atoms with Crippen molar-refractivity contribution in [2.24, 2.45) is 7.05 Å². The van der Waals surface area contributed by atoms with Gasteiger partial charge in [-0.2, -0.15) is 5.10 Å². The fourth-order valence-corrected chi connectivity index (χ4v) is 4.93. The number of benzene rings is 1. The molecule has 0 unspecified atom stereocenters. The van der Waals surface area contributed by atoms with Crippen LogP contribution in [0.1, 0.15) is 27.4 Å². The standard InChI is InChI=1S/C19H20ClN5O4S2/c1-11-17(12(2)24(3)23-11)25(31(4,28)29)16(26)9-15-10-30-19(21-15)22-18(27)13-6-5-7-14(20)8-13/h5-8,10H,9H2,1-4H3,(H,21,22,27). The Bertz CT molecular complexity index is 1270. The number of sulfonamides is 1. The van der Waals surface area contributed by atoms with Gasteiger partial charge in [0.1, 0.15) is 5.69 Å². The van der Waals surface area contributed by atoms with Crippen molar-refractivity contribution < 1.29 is 18.0 Å². The van der Waals surface area contributed by atoms with Gasteiger partial charge in [0, 0.05) is 23.0 Å². The Labute approximate surface area is 188 Å². The Hall–Kier alpha value is -2.76. The minimum Gasteiger partial charge on any atom is -0.298 e. The van der Waals surface area contributed by atoms with Crippen LogP contribution < -0.4 is 9.62 Å². The molecule has 0 saturated carbocycles. The number of rotatable bonds is 6. The summed E-state index contributed by atoms with van der Waals surface area (Å²) in [6.45, 7) is 3.33. The summed E-state index contributed by atoms with van der Waals surface area (Å²) in [5.74, 6) is -1.06. The second-order valence-electron chi connectivity index (χ2n) is 6.85. The third kappa shape index (κ3) is 5.12. The molecular formula is C19H20ClN5O4S2. The van der Waals surface area contributed by atoms with Gasteiger partial charge >= 0.3 is 0 Å². The normalized spacial score (nSPS) is 11.4. The fraction of sp³-hybridized carbons (Fsp3) is 0.263. The average molecular weight is 482 g/mol. The van der Waals surface area contributed by atoms with Gasteiger partial charge in [-0.1, -0.05) is 17.7 Å². The smallest absolute Gasteiger partial charge is 0.257 e. The van der Waals surface area contributed by atoms with Crippen LogP contribution in [0.3, 0.4) is 0 Å². The molecule has 0 aliphatic carbocycles. The number of amides is 2. The number of hydrogen-bond donors (Lipinski definition) is 1. The molecular weight excluding hydrogens is 462 g/mol. The Morgan fingerprint density at radius 1 is 1.29 bits per heavy atom. The largest absolute Gasteiger partial charge is 0.298 e. The summed E-state index contributed by atoms with van der Waals surface area (Å²) in [6, 6.07) is 6.45. The highest BCUT2D eigenvalue weighted by Crippen LogP contribution is 2.27. The highest BCUT2D eigenvalue weighted by molar-refractivity contribution is 7.92. The maximum Gasteiger partial charge on any atom is 0.257 e. The number of carbonyl (C=O) groups is 2. The van der Waals surface area contributed by atoms with Crippen LogP contribution in [0, 0.1) is 13.8 Å². The third-order valence-electron chi connectivity index (χ3n) is 4.42. The van der Waals surface area contributed by atoms with Crippen molar-refractivity contribution in [2.45, 2.75) is 20.3 Å². The monoisotopic (exact) mass is 481 g/mol. The van der Waals surface area contributed by atoms with Gasteiger partial charge in [0.2, 0.25) is 15.9 Å². The second-order valence-corrected chi connectivity index (χ2v) is 9.98. The van der Waals surface area contributed by atoms with Crippen LogP contribution in [0.4, 0.5) is 10.8 Å². The topological polar surface area (TPSA) is 114 Å². The molecule has 164 valence electrons. The van der Waals surface area contributed by atoms with Crippen molar-refractivity contribution in [3.8, 4) is 0 Å². The van der Waals surface area contributed by atoms with Gasteiger partial charge in [0.25, 0.3) is 5.91 Å². The maximum atomic E-state index is 12.9. The molecule has 0 spiro atoms. The van der Waals surface area contributed by atoms with Crippen molar-refractivity contribution in [1.29, 1.82) is 0 Å². The predicted octanol–water partition coefficient (Wildman–Crippen LogP) is 2.93. The van der Waals surface area contributed by atoms with E-state index in [9.17, 15) is 18.0 Å². The first-order valence-electron chi connectivity index (χ1n) is 9.02. The molecule has 9 nitrogen and oxygen atoms in total. The van der Waals surface area contributed by atoms with Crippen molar-refractivity contribution in [2.75, 3.05) is 15.9 Å². The summed E-state index contributed by atoms with van der Waals surface area (Å²) in [7, 11) is -2.22. The Morgan fingerprint density at radius 2 is 2.00 bits per heavy atom. The molecule has 0 radical (unpaired) electrons. The molecule has 3 aromatic rings. The summed E-state index contributed by atoms with van der Waals surface area (Å²) >= 11 is 7.04. The maximum absolute atomic E-state index is 12.9. The van der Waals surface area contributed by atoms with E-state index in [0.717, 1.165) is 21.9 Å². The zero-order valence-corrected chi connectivity index (χ0v) is 19.6. The molecule has 0 saturated heterocycles. The first kappa shape index (κ1) is 22.9. The molecule has 0 aliphatic rings. The minimum atomic E-state index is -3.90. The molecule has 1 aromatic carbocycles. The third-order valence-corrected chi connectivity index (χ3v) is 6.51. The molecule has 1 N–H and O–H groups in total. The summed E-state index contributed by atoms with van der Waals surface area (Å²) < 4.78 is 27.1. The van der Waals surface area contributed by atoms with Crippen molar-refractivity contribution in [3.63, 3.8) is 0 Å². The van der Waals surface area contributed by atoms with E-state index >= 15 is 0 Å². The van der Waals surface area contributed by atoms with Gasteiger partial charge in [0.05, 0.1) is 29.8 Å². The minimum absolute atomic E-state index is 0.236. The van der Waals surface area contributed by atoms with Crippen molar-refractivity contribution >= 4 is 55.6 Å². The quantitative estimate of drug-likeness (QED) is 0.579. The lowest BCUT2D eigenvalue weighted by molar-refractivity contribution is -0.116. The van der Waals surface area contributed by atoms with Crippen LogP contribution in [-0.2, 0) is 28.3 Å². The second kappa shape index (κ2) is 8.77. The van der Waals surface area contributed by atoms with E-state index in [-0.39, 0.29) is 17.2 Å². The lowest BCUT2D eigenvalue weighted by Crippen LogP contribution is -2.38. The number of anilines is 2. The zero-order valence-electron chi connectivity index (χ0n) is 17.2. The summed E-state index contributed by atoms with van der Waals surface area (Å²) in [5, 5.41) is 9.15. The van der Waals surface area contributed by atoms with Gasteiger partial charge in [-0.3, -0.25) is 19.6 Å². The SMILES string of the molecule is Cc1nn(C)c(C)c1N(C(=O)Cc1csc(NC(=O)c2cccc(Cl)c2)n1)S(C)(=O)=O. The number of halogens is 1. The molecule has 0 bridgehead atoms. The first-order chi connectivity index (χ1) is 14.5. The lowest BCUT2D eigenvalue weighted by atomic mass is 10.2. The van der Waals surface area contributed by atoms with Gasteiger partial charge < -0.3 is 0 Å². The predicted molar refractivity (Wildman–Crippen MR) is 120 cm³/mol. The van der Waals surface area contributed by atoms with E-state index in [0.29, 0.717) is 27.7 Å². The van der Waals surface area contributed by atoms with Gasteiger partial charge in [-0.15, -0.1) is 11.3 Å². The van der Waals surface area contributed by atoms with Crippen LogP contribution in [0.2, 0.25) is 5.02 Å². The van der Waals surface area contributed by atoms with E-state index in [1.54, 1.807) is 44.5 Å². The van der Waals surface area contributed by atoms with E-state index < -0.39 is 21.8 Å². The number of carbonyl (C=O) groups excluding carboxylic acids is 2. The first-order valence-corrected chi connectivity index (χ1v) is 12.1. The van der Waals surface area contributed by atoms with Crippen molar-refractivity contribution in [3.05, 3.63) is 57.3 Å². The molecule has 0 aliphatic heterocycles. The highest BCUT2D eigenvalue weighted by Gasteiger charge is 2.31. The Balaban J connectivity index is 1.79. The molecule has 2 heterocycles. The van der Waals surface area contributed by atoms with Crippen LogP contribution in [-0.4, -0.2) is 41.3 Å².